The normalized spacial score (nSPS) is 10.5. The molecule has 2 aromatic rings. The summed E-state index contributed by atoms with van der Waals surface area (Å²) in [6, 6.07) is 4.69. The molecular weight excluding hydrogens is 179 g/mol. The molecular formula is C11H11FN2. The lowest BCUT2D eigenvalue weighted by atomic mass is 10.1. The van der Waals surface area contributed by atoms with Crippen LogP contribution in [0.2, 0.25) is 0 Å². The molecule has 2 nitrogen and oxygen atoms in total. The fourth-order valence-corrected chi connectivity index (χ4v) is 1.44. The summed E-state index contributed by atoms with van der Waals surface area (Å²) in [6.07, 6.45) is 1.76. The van der Waals surface area contributed by atoms with Gasteiger partial charge >= 0.3 is 0 Å². The quantitative estimate of drug-likeness (QED) is 0.736. The molecule has 0 saturated heterocycles. The Hall–Kier alpha value is -1.64. The molecule has 0 bridgehead atoms. The summed E-state index contributed by atoms with van der Waals surface area (Å²) in [5, 5.41) is 0. The predicted octanol–water partition coefficient (Wildman–Crippen LogP) is 2.83. The number of aromatic nitrogens is 2. The van der Waals surface area contributed by atoms with Gasteiger partial charge in [-0.05, 0) is 37.6 Å². The summed E-state index contributed by atoms with van der Waals surface area (Å²) in [4.78, 5) is 7.32. The molecule has 0 aliphatic heterocycles. The SMILES string of the molecule is Cc1cnc(-c2ccc(F)cc2C)[nH]1. The summed E-state index contributed by atoms with van der Waals surface area (Å²) in [7, 11) is 0. The number of nitrogens with one attached hydrogen (secondary N) is 1. The van der Waals surface area contributed by atoms with Crippen LogP contribution in [0.1, 0.15) is 11.3 Å². The Morgan fingerprint density at radius 3 is 2.64 bits per heavy atom. The first-order valence-corrected chi connectivity index (χ1v) is 4.45. The lowest BCUT2D eigenvalue weighted by Crippen LogP contribution is -1.86. The van der Waals surface area contributed by atoms with Gasteiger partial charge in [0.05, 0.1) is 0 Å². The second-order valence-electron chi connectivity index (χ2n) is 3.37. The molecule has 14 heavy (non-hydrogen) atoms. The van der Waals surface area contributed by atoms with Crippen LogP contribution < -0.4 is 0 Å². The van der Waals surface area contributed by atoms with Gasteiger partial charge in [-0.15, -0.1) is 0 Å². The van der Waals surface area contributed by atoms with Crippen LogP contribution in [0.4, 0.5) is 4.39 Å². The third kappa shape index (κ3) is 1.53. The summed E-state index contributed by atoms with van der Waals surface area (Å²) < 4.78 is 12.8. The van der Waals surface area contributed by atoms with Crippen molar-refractivity contribution in [1.29, 1.82) is 0 Å². The maximum Gasteiger partial charge on any atom is 0.137 e. The lowest BCUT2D eigenvalue weighted by molar-refractivity contribution is 0.627. The van der Waals surface area contributed by atoms with Crippen molar-refractivity contribution in [3.8, 4) is 11.4 Å². The van der Waals surface area contributed by atoms with Gasteiger partial charge in [0.1, 0.15) is 11.6 Å². The molecule has 2 rings (SSSR count). The molecule has 1 N–H and O–H groups in total. The van der Waals surface area contributed by atoms with Crippen LogP contribution >= 0.6 is 0 Å². The van der Waals surface area contributed by atoms with Gasteiger partial charge in [0.15, 0.2) is 0 Å². The van der Waals surface area contributed by atoms with Crippen LogP contribution in [0.3, 0.4) is 0 Å². The summed E-state index contributed by atoms with van der Waals surface area (Å²) >= 11 is 0. The van der Waals surface area contributed by atoms with E-state index in [2.05, 4.69) is 9.97 Å². The molecule has 3 heteroatoms. The molecule has 1 heterocycles. The van der Waals surface area contributed by atoms with Gasteiger partial charge < -0.3 is 4.98 Å². The number of halogens is 1. The fourth-order valence-electron chi connectivity index (χ4n) is 1.44. The summed E-state index contributed by atoms with van der Waals surface area (Å²) in [5.74, 6) is 0.578. The van der Waals surface area contributed by atoms with Crippen LogP contribution in [0.5, 0.6) is 0 Å². The van der Waals surface area contributed by atoms with Crippen molar-refractivity contribution in [3.63, 3.8) is 0 Å². The molecule has 1 aromatic carbocycles. The monoisotopic (exact) mass is 190 g/mol. The van der Waals surface area contributed by atoms with Gasteiger partial charge in [0.25, 0.3) is 0 Å². The number of aromatic amines is 1. The molecule has 0 atom stereocenters. The van der Waals surface area contributed by atoms with Crippen LogP contribution in [0.15, 0.2) is 24.4 Å². The van der Waals surface area contributed by atoms with Gasteiger partial charge in [-0.2, -0.15) is 0 Å². The van der Waals surface area contributed by atoms with Gasteiger partial charge in [-0.25, -0.2) is 9.37 Å². The Balaban J connectivity index is 2.52. The van der Waals surface area contributed by atoms with Crippen LogP contribution in [-0.4, -0.2) is 9.97 Å². The Morgan fingerprint density at radius 1 is 1.29 bits per heavy atom. The Morgan fingerprint density at radius 2 is 2.07 bits per heavy atom. The van der Waals surface area contributed by atoms with Crippen LogP contribution in [0, 0.1) is 19.7 Å². The van der Waals surface area contributed by atoms with E-state index in [-0.39, 0.29) is 5.82 Å². The molecule has 0 aliphatic carbocycles. The van der Waals surface area contributed by atoms with Crippen molar-refractivity contribution in [3.05, 3.63) is 41.5 Å². The largest absolute Gasteiger partial charge is 0.342 e. The van der Waals surface area contributed by atoms with E-state index in [1.807, 2.05) is 13.8 Å². The van der Waals surface area contributed by atoms with Crippen molar-refractivity contribution in [1.82, 2.24) is 9.97 Å². The predicted molar refractivity (Wildman–Crippen MR) is 53.5 cm³/mol. The second-order valence-corrected chi connectivity index (χ2v) is 3.37. The minimum Gasteiger partial charge on any atom is -0.342 e. The average molecular weight is 190 g/mol. The van der Waals surface area contributed by atoms with Crippen molar-refractivity contribution in [2.45, 2.75) is 13.8 Å². The molecule has 0 aliphatic rings. The first-order chi connectivity index (χ1) is 6.66. The second kappa shape index (κ2) is 3.25. The number of imidazole rings is 1. The number of H-pyrrole nitrogens is 1. The number of rotatable bonds is 1. The molecule has 0 unspecified atom stereocenters. The third-order valence-corrected chi connectivity index (χ3v) is 2.15. The van der Waals surface area contributed by atoms with E-state index in [1.165, 1.54) is 12.1 Å². The summed E-state index contributed by atoms with van der Waals surface area (Å²) in [6.45, 7) is 3.81. The molecule has 0 saturated carbocycles. The molecule has 1 aromatic heterocycles. The zero-order chi connectivity index (χ0) is 10.1. The van der Waals surface area contributed by atoms with E-state index < -0.39 is 0 Å². The van der Waals surface area contributed by atoms with Crippen molar-refractivity contribution < 1.29 is 4.39 Å². The number of aryl methyl sites for hydroxylation is 2. The zero-order valence-electron chi connectivity index (χ0n) is 8.13. The smallest absolute Gasteiger partial charge is 0.137 e. The maximum absolute atomic E-state index is 12.8. The Kier molecular flexibility index (Phi) is 2.08. The number of nitrogens with zero attached hydrogens (tertiary/aromatic N) is 1. The van der Waals surface area contributed by atoms with E-state index in [0.29, 0.717) is 0 Å². The Labute approximate surface area is 81.8 Å². The molecule has 0 radical (unpaired) electrons. The topological polar surface area (TPSA) is 28.7 Å². The minimum absolute atomic E-state index is 0.213. The highest BCUT2D eigenvalue weighted by Gasteiger charge is 2.05. The van der Waals surface area contributed by atoms with Crippen molar-refractivity contribution in [2.24, 2.45) is 0 Å². The van der Waals surface area contributed by atoms with Crippen LogP contribution in [-0.2, 0) is 0 Å². The number of benzene rings is 1. The van der Waals surface area contributed by atoms with E-state index in [9.17, 15) is 4.39 Å². The first kappa shape index (κ1) is 8.94. The first-order valence-electron chi connectivity index (χ1n) is 4.45. The minimum atomic E-state index is -0.213. The lowest BCUT2D eigenvalue weighted by Gasteiger charge is -2.01. The highest BCUT2D eigenvalue weighted by molar-refractivity contribution is 5.59. The third-order valence-electron chi connectivity index (χ3n) is 2.15. The summed E-state index contributed by atoms with van der Waals surface area (Å²) in [5.41, 5.74) is 2.84. The van der Waals surface area contributed by atoms with Gasteiger partial charge in [0.2, 0.25) is 0 Å². The standard InChI is InChI=1S/C11H11FN2/c1-7-5-9(12)3-4-10(7)11-13-6-8(2)14-11/h3-6H,1-2H3,(H,13,14). The van der Waals surface area contributed by atoms with Gasteiger partial charge in [-0.1, -0.05) is 0 Å². The highest BCUT2D eigenvalue weighted by Crippen LogP contribution is 2.20. The molecule has 72 valence electrons. The highest BCUT2D eigenvalue weighted by atomic mass is 19.1. The van der Waals surface area contributed by atoms with E-state index in [1.54, 1.807) is 12.3 Å². The fraction of sp³-hybridized carbons (Fsp3) is 0.182. The van der Waals surface area contributed by atoms with Gasteiger partial charge in [-0.3, -0.25) is 0 Å². The Bertz CT molecular complexity index is 460. The van der Waals surface area contributed by atoms with E-state index in [0.717, 1.165) is 22.6 Å². The van der Waals surface area contributed by atoms with Crippen LogP contribution in [0.25, 0.3) is 11.4 Å². The zero-order valence-corrected chi connectivity index (χ0v) is 8.13. The van der Waals surface area contributed by atoms with E-state index in [4.69, 9.17) is 0 Å². The van der Waals surface area contributed by atoms with Crippen molar-refractivity contribution in [2.75, 3.05) is 0 Å². The average Bonchev–Trinajstić information content (AvgIpc) is 2.51. The van der Waals surface area contributed by atoms with E-state index >= 15 is 0 Å². The maximum atomic E-state index is 12.8. The number of hydrogen-bond acceptors (Lipinski definition) is 1. The molecule has 0 fully saturated rings. The number of hydrogen-bond donors (Lipinski definition) is 1. The van der Waals surface area contributed by atoms with Gasteiger partial charge in [0, 0.05) is 17.5 Å². The molecule has 0 amide bonds. The molecule has 0 spiro atoms. The van der Waals surface area contributed by atoms with Crippen molar-refractivity contribution >= 4 is 0 Å².